The monoisotopic (exact) mass is 250 g/mol. The van der Waals surface area contributed by atoms with Crippen molar-refractivity contribution in [3.05, 3.63) is 29.8 Å². The summed E-state index contributed by atoms with van der Waals surface area (Å²) in [6, 6.07) is 7.25. The van der Waals surface area contributed by atoms with Gasteiger partial charge in [-0.1, -0.05) is 63.6 Å². The molecule has 18 heavy (non-hydrogen) atoms. The minimum absolute atomic E-state index is 0.291. The predicted molar refractivity (Wildman–Crippen MR) is 75.8 cm³/mol. The third-order valence-electron chi connectivity index (χ3n) is 3.34. The van der Waals surface area contributed by atoms with Crippen LogP contribution in [0.2, 0.25) is 0 Å². The third-order valence-corrected chi connectivity index (χ3v) is 3.34. The number of aliphatic hydroxyl groups is 1. The molecule has 0 spiro atoms. The van der Waals surface area contributed by atoms with Gasteiger partial charge >= 0.3 is 0 Å². The summed E-state index contributed by atoms with van der Waals surface area (Å²) in [7, 11) is 0. The van der Waals surface area contributed by atoms with E-state index in [1.807, 2.05) is 12.1 Å². The fourth-order valence-corrected chi connectivity index (χ4v) is 2.20. The summed E-state index contributed by atoms with van der Waals surface area (Å²) in [5.41, 5.74) is 0.844. The number of hydrogen-bond acceptors (Lipinski definition) is 2. The Kier molecular flexibility index (Phi) is 7.51. The van der Waals surface area contributed by atoms with Crippen LogP contribution in [0.3, 0.4) is 0 Å². The van der Waals surface area contributed by atoms with Crippen LogP contribution in [0.4, 0.5) is 0 Å². The van der Waals surface area contributed by atoms with Gasteiger partial charge in [-0.2, -0.15) is 0 Å². The van der Waals surface area contributed by atoms with Gasteiger partial charge in [0.05, 0.1) is 6.10 Å². The largest absolute Gasteiger partial charge is 0.508 e. The molecule has 2 N–H and O–H groups in total. The van der Waals surface area contributed by atoms with Gasteiger partial charge in [0.1, 0.15) is 5.75 Å². The van der Waals surface area contributed by atoms with Crippen molar-refractivity contribution in [2.24, 2.45) is 0 Å². The van der Waals surface area contributed by atoms with Crippen molar-refractivity contribution in [3.8, 4) is 5.75 Å². The van der Waals surface area contributed by atoms with Crippen molar-refractivity contribution in [1.82, 2.24) is 0 Å². The summed E-state index contributed by atoms with van der Waals surface area (Å²) < 4.78 is 0. The molecule has 0 saturated heterocycles. The molecule has 1 aromatic carbocycles. The number of unbranched alkanes of at least 4 members (excludes halogenated alkanes) is 5. The van der Waals surface area contributed by atoms with Gasteiger partial charge in [-0.15, -0.1) is 0 Å². The van der Waals surface area contributed by atoms with Gasteiger partial charge < -0.3 is 10.2 Å². The number of aliphatic hydroxyl groups excluding tert-OH is 1. The summed E-state index contributed by atoms with van der Waals surface area (Å²) >= 11 is 0. The van der Waals surface area contributed by atoms with E-state index in [1.165, 1.54) is 32.1 Å². The molecule has 0 aliphatic rings. The van der Waals surface area contributed by atoms with E-state index >= 15 is 0 Å². The van der Waals surface area contributed by atoms with E-state index in [0.29, 0.717) is 12.2 Å². The van der Waals surface area contributed by atoms with E-state index in [0.717, 1.165) is 18.4 Å². The SMILES string of the molecule is CCCCCCCCC(O)Cc1ccccc1O. The first kappa shape index (κ1) is 15.0. The summed E-state index contributed by atoms with van der Waals surface area (Å²) in [6.45, 7) is 2.22. The van der Waals surface area contributed by atoms with Gasteiger partial charge in [0.15, 0.2) is 0 Å². The standard InChI is InChI=1S/C16H26O2/c1-2-3-4-5-6-7-11-15(17)13-14-10-8-9-12-16(14)18/h8-10,12,15,17-18H,2-7,11,13H2,1H3. The van der Waals surface area contributed by atoms with E-state index in [9.17, 15) is 10.2 Å². The Bertz CT molecular complexity index is 323. The fourth-order valence-electron chi connectivity index (χ4n) is 2.20. The van der Waals surface area contributed by atoms with Gasteiger partial charge in [-0.05, 0) is 18.1 Å². The minimum atomic E-state index is -0.329. The summed E-state index contributed by atoms with van der Waals surface area (Å²) in [5.74, 6) is 0.291. The molecule has 0 aliphatic heterocycles. The summed E-state index contributed by atoms with van der Waals surface area (Å²) in [6.07, 6.45) is 8.53. The van der Waals surface area contributed by atoms with E-state index in [-0.39, 0.29) is 6.10 Å². The molecule has 1 atom stereocenters. The first-order valence-electron chi connectivity index (χ1n) is 7.19. The van der Waals surface area contributed by atoms with Crippen molar-refractivity contribution in [3.63, 3.8) is 0 Å². The van der Waals surface area contributed by atoms with Gasteiger partial charge in [-0.25, -0.2) is 0 Å². The van der Waals surface area contributed by atoms with Gasteiger partial charge in [0.2, 0.25) is 0 Å². The van der Waals surface area contributed by atoms with Crippen LogP contribution in [-0.2, 0) is 6.42 Å². The Morgan fingerprint density at radius 2 is 1.67 bits per heavy atom. The van der Waals surface area contributed by atoms with Crippen molar-refractivity contribution >= 4 is 0 Å². The Balaban J connectivity index is 2.14. The van der Waals surface area contributed by atoms with E-state index in [2.05, 4.69) is 6.92 Å². The molecule has 0 aliphatic carbocycles. The number of phenols is 1. The molecule has 1 unspecified atom stereocenters. The van der Waals surface area contributed by atoms with Crippen LogP contribution >= 0.6 is 0 Å². The Hall–Kier alpha value is -1.02. The second-order valence-electron chi connectivity index (χ2n) is 5.04. The highest BCUT2D eigenvalue weighted by molar-refractivity contribution is 5.32. The van der Waals surface area contributed by atoms with E-state index < -0.39 is 0 Å². The molecule has 0 fully saturated rings. The van der Waals surface area contributed by atoms with Crippen LogP contribution in [0.5, 0.6) is 5.75 Å². The molecule has 0 heterocycles. The van der Waals surface area contributed by atoms with Crippen molar-refractivity contribution in [1.29, 1.82) is 0 Å². The topological polar surface area (TPSA) is 40.5 Å². The molecular formula is C16H26O2. The van der Waals surface area contributed by atoms with Gasteiger partial charge in [-0.3, -0.25) is 0 Å². The number of benzene rings is 1. The smallest absolute Gasteiger partial charge is 0.118 e. The van der Waals surface area contributed by atoms with Crippen LogP contribution in [-0.4, -0.2) is 16.3 Å². The maximum atomic E-state index is 9.92. The molecule has 0 saturated carbocycles. The average Bonchev–Trinajstić information content (AvgIpc) is 2.36. The predicted octanol–water partition coefficient (Wildman–Crippen LogP) is 4.05. The Morgan fingerprint density at radius 3 is 2.39 bits per heavy atom. The lowest BCUT2D eigenvalue weighted by Crippen LogP contribution is -2.10. The number of hydrogen-bond donors (Lipinski definition) is 2. The number of para-hydroxylation sites is 1. The molecule has 0 amide bonds. The maximum Gasteiger partial charge on any atom is 0.118 e. The zero-order valence-electron chi connectivity index (χ0n) is 11.4. The normalized spacial score (nSPS) is 12.6. The lowest BCUT2D eigenvalue weighted by Gasteiger charge is -2.11. The van der Waals surface area contributed by atoms with Gasteiger partial charge in [0.25, 0.3) is 0 Å². The molecule has 0 radical (unpaired) electrons. The van der Waals surface area contributed by atoms with Crippen LogP contribution in [0.1, 0.15) is 57.4 Å². The molecule has 102 valence electrons. The zero-order valence-corrected chi connectivity index (χ0v) is 11.4. The first-order valence-corrected chi connectivity index (χ1v) is 7.19. The lowest BCUT2D eigenvalue weighted by molar-refractivity contribution is 0.160. The second-order valence-corrected chi connectivity index (χ2v) is 5.04. The highest BCUT2D eigenvalue weighted by atomic mass is 16.3. The first-order chi connectivity index (χ1) is 8.74. The highest BCUT2D eigenvalue weighted by Crippen LogP contribution is 2.19. The molecule has 2 heteroatoms. The average molecular weight is 250 g/mol. The maximum absolute atomic E-state index is 9.92. The van der Waals surface area contributed by atoms with Crippen LogP contribution in [0.15, 0.2) is 24.3 Å². The molecule has 1 aromatic rings. The molecule has 2 nitrogen and oxygen atoms in total. The summed E-state index contributed by atoms with van der Waals surface area (Å²) in [4.78, 5) is 0. The lowest BCUT2D eigenvalue weighted by atomic mass is 10.0. The van der Waals surface area contributed by atoms with Crippen LogP contribution in [0.25, 0.3) is 0 Å². The Morgan fingerprint density at radius 1 is 1.00 bits per heavy atom. The van der Waals surface area contributed by atoms with Crippen LogP contribution < -0.4 is 0 Å². The van der Waals surface area contributed by atoms with Crippen molar-refractivity contribution < 1.29 is 10.2 Å². The molecular weight excluding hydrogens is 224 g/mol. The fraction of sp³-hybridized carbons (Fsp3) is 0.625. The minimum Gasteiger partial charge on any atom is -0.508 e. The number of rotatable bonds is 9. The zero-order chi connectivity index (χ0) is 13.2. The van der Waals surface area contributed by atoms with Crippen molar-refractivity contribution in [2.45, 2.75) is 64.4 Å². The van der Waals surface area contributed by atoms with E-state index in [1.54, 1.807) is 12.1 Å². The molecule has 1 rings (SSSR count). The second kappa shape index (κ2) is 8.98. The number of aromatic hydroxyl groups is 1. The van der Waals surface area contributed by atoms with Gasteiger partial charge in [0, 0.05) is 6.42 Å². The van der Waals surface area contributed by atoms with Crippen molar-refractivity contribution in [2.75, 3.05) is 0 Å². The molecule has 0 bridgehead atoms. The van der Waals surface area contributed by atoms with Crippen LogP contribution in [0, 0.1) is 0 Å². The molecule has 0 aromatic heterocycles. The van der Waals surface area contributed by atoms with E-state index in [4.69, 9.17) is 0 Å². The summed E-state index contributed by atoms with van der Waals surface area (Å²) in [5, 5.41) is 19.5. The Labute approximate surface area is 111 Å². The number of phenolic OH excluding ortho intramolecular Hbond substituents is 1. The quantitative estimate of drug-likeness (QED) is 0.649. The third kappa shape index (κ3) is 6.06. The highest BCUT2D eigenvalue weighted by Gasteiger charge is 2.08.